The molecule has 1 aromatic rings. The van der Waals surface area contributed by atoms with Crippen molar-refractivity contribution < 1.29 is 4.79 Å². The maximum absolute atomic E-state index is 12.0. The lowest BCUT2D eigenvalue weighted by Gasteiger charge is -2.32. The van der Waals surface area contributed by atoms with Crippen molar-refractivity contribution in [2.24, 2.45) is 0 Å². The molecular weight excluding hydrogens is 317 g/mol. The topological polar surface area (TPSA) is 45.2 Å². The van der Waals surface area contributed by atoms with Crippen LogP contribution < -0.4 is 5.32 Å². The Labute approximate surface area is 137 Å². The third-order valence-electron chi connectivity index (χ3n) is 3.35. The summed E-state index contributed by atoms with van der Waals surface area (Å²) in [5.41, 5.74) is 1.09. The Balaban J connectivity index is 0.00000180. The summed E-state index contributed by atoms with van der Waals surface area (Å²) in [6, 6.07) is 0. The normalized spacial score (nSPS) is 18.1. The van der Waals surface area contributed by atoms with E-state index in [0.29, 0.717) is 12.3 Å². The second kappa shape index (κ2) is 9.55. The number of hydrogen-bond acceptors (Lipinski definition) is 4. The molecule has 4 nitrogen and oxygen atoms in total. The summed E-state index contributed by atoms with van der Waals surface area (Å²) in [4.78, 5) is 18.6. The van der Waals surface area contributed by atoms with Crippen LogP contribution in [0, 0.1) is 6.92 Å². The molecule has 1 aliphatic heterocycles. The van der Waals surface area contributed by atoms with Gasteiger partial charge in [-0.15, -0.1) is 36.2 Å². The highest BCUT2D eigenvalue weighted by Crippen LogP contribution is 2.29. The Morgan fingerprint density at radius 3 is 2.90 bits per heavy atom. The Morgan fingerprint density at radius 2 is 2.30 bits per heavy atom. The number of nitrogens with one attached hydrogen (secondary N) is 1. The van der Waals surface area contributed by atoms with Gasteiger partial charge in [-0.25, -0.2) is 4.98 Å². The Kier molecular flexibility index (Phi) is 9.38. The molecule has 0 saturated carbocycles. The molecule has 1 unspecified atom stereocenters. The minimum absolute atomic E-state index is 0. The van der Waals surface area contributed by atoms with Crippen LogP contribution in [0.5, 0.6) is 0 Å². The van der Waals surface area contributed by atoms with Gasteiger partial charge in [-0.2, -0.15) is 0 Å². The predicted octanol–water partition coefficient (Wildman–Crippen LogP) is 2.61. The van der Waals surface area contributed by atoms with Crippen LogP contribution in [0.4, 0.5) is 0 Å². The van der Waals surface area contributed by atoms with Crippen LogP contribution in [0.15, 0.2) is 5.38 Å². The van der Waals surface area contributed by atoms with Crippen LogP contribution in [0.25, 0.3) is 0 Å². The number of nitrogens with zero attached hydrogens (tertiary/aromatic N) is 2. The summed E-state index contributed by atoms with van der Waals surface area (Å²) in [6.45, 7) is 4.54. The molecule has 0 radical (unpaired) electrons. The molecule has 1 aromatic heterocycles. The van der Waals surface area contributed by atoms with E-state index < -0.39 is 0 Å². The number of halogens is 2. The molecule has 2 rings (SSSR count). The van der Waals surface area contributed by atoms with Crippen molar-refractivity contribution in [3.05, 3.63) is 16.1 Å². The highest BCUT2D eigenvalue weighted by molar-refractivity contribution is 7.09. The summed E-state index contributed by atoms with van der Waals surface area (Å²) in [6.07, 6.45) is 2.84. The minimum atomic E-state index is 0. The highest BCUT2D eigenvalue weighted by Gasteiger charge is 2.25. The van der Waals surface area contributed by atoms with Gasteiger partial charge in [0.05, 0.1) is 5.01 Å². The Bertz CT molecular complexity index is 414. The van der Waals surface area contributed by atoms with Crippen molar-refractivity contribution in [1.29, 1.82) is 0 Å². The van der Waals surface area contributed by atoms with E-state index in [1.807, 2.05) is 18.9 Å². The van der Waals surface area contributed by atoms with E-state index in [0.717, 1.165) is 38.2 Å². The van der Waals surface area contributed by atoms with Gasteiger partial charge in [0.1, 0.15) is 0 Å². The molecule has 1 fully saturated rings. The second-order valence-electron chi connectivity index (χ2n) is 4.86. The molecule has 7 heteroatoms. The van der Waals surface area contributed by atoms with E-state index >= 15 is 0 Å². The molecule has 0 aromatic carbocycles. The lowest BCUT2D eigenvalue weighted by Crippen LogP contribution is -2.40. The van der Waals surface area contributed by atoms with Crippen LogP contribution >= 0.6 is 36.2 Å². The van der Waals surface area contributed by atoms with Crippen molar-refractivity contribution in [1.82, 2.24) is 15.2 Å². The number of likely N-dealkylation sites (tertiary alicyclic amines) is 1. The third-order valence-corrected chi connectivity index (χ3v) is 4.47. The quantitative estimate of drug-likeness (QED) is 0.916. The van der Waals surface area contributed by atoms with Crippen molar-refractivity contribution >= 4 is 42.1 Å². The van der Waals surface area contributed by atoms with E-state index in [1.54, 1.807) is 11.3 Å². The van der Waals surface area contributed by atoms with Crippen molar-refractivity contribution in [2.75, 3.05) is 26.7 Å². The van der Waals surface area contributed by atoms with E-state index in [9.17, 15) is 4.79 Å². The molecule has 116 valence electrons. The summed E-state index contributed by atoms with van der Waals surface area (Å²) < 4.78 is 0. The minimum Gasteiger partial charge on any atom is -0.342 e. The van der Waals surface area contributed by atoms with Gasteiger partial charge < -0.3 is 10.2 Å². The average Bonchev–Trinajstić information content (AvgIpc) is 2.83. The fourth-order valence-electron chi connectivity index (χ4n) is 2.35. The van der Waals surface area contributed by atoms with Crippen LogP contribution in [-0.4, -0.2) is 42.5 Å². The van der Waals surface area contributed by atoms with Crippen molar-refractivity contribution in [2.45, 2.75) is 32.1 Å². The average molecular weight is 340 g/mol. The van der Waals surface area contributed by atoms with Crippen molar-refractivity contribution in [3.63, 3.8) is 0 Å². The largest absolute Gasteiger partial charge is 0.342 e. The first kappa shape index (κ1) is 19.6. The summed E-state index contributed by atoms with van der Waals surface area (Å²) in [7, 11) is 1.88. The van der Waals surface area contributed by atoms with Crippen molar-refractivity contribution in [3.8, 4) is 0 Å². The number of aromatic nitrogens is 1. The predicted molar refractivity (Wildman–Crippen MR) is 88.4 cm³/mol. The summed E-state index contributed by atoms with van der Waals surface area (Å²) >= 11 is 1.73. The summed E-state index contributed by atoms with van der Waals surface area (Å²) in [5, 5.41) is 6.31. The fraction of sp³-hybridized carbons (Fsp3) is 0.692. The van der Waals surface area contributed by atoms with Crippen LogP contribution in [0.1, 0.15) is 35.9 Å². The third kappa shape index (κ3) is 5.20. The molecule has 0 bridgehead atoms. The maximum atomic E-state index is 12.0. The molecule has 1 amide bonds. The van der Waals surface area contributed by atoms with E-state index in [4.69, 9.17) is 0 Å². The fourth-order valence-corrected chi connectivity index (χ4v) is 3.28. The van der Waals surface area contributed by atoms with E-state index in [1.165, 1.54) is 5.01 Å². The van der Waals surface area contributed by atoms with E-state index in [-0.39, 0.29) is 30.7 Å². The van der Waals surface area contributed by atoms with Gasteiger partial charge in [0.2, 0.25) is 5.91 Å². The van der Waals surface area contributed by atoms with Crippen LogP contribution in [-0.2, 0) is 4.79 Å². The van der Waals surface area contributed by atoms with Gasteiger partial charge in [-0.3, -0.25) is 4.79 Å². The van der Waals surface area contributed by atoms with Gasteiger partial charge >= 0.3 is 0 Å². The van der Waals surface area contributed by atoms with Gasteiger partial charge in [0, 0.05) is 43.0 Å². The lowest BCUT2D eigenvalue weighted by atomic mass is 9.98. The number of rotatable bonds is 4. The monoisotopic (exact) mass is 339 g/mol. The smallest absolute Gasteiger partial charge is 0.223 e. The van der Waals surface area contributed by atoms with E-state index in [2.05, 4.69) is 15.7 Å². The number of piperidine rings is 1. The van der Waals surface area contributed by atoms with Crippen LogP contribution in [0.3, 0.4) is 0 Å². The standard InChI is InChI=1S/C13H21N3OS.2ClH/c1-10-9-18-13(15-10)11-4-3-7-16(8-11)12(17)5-6-14-2;;/h9,11,14H,3-8H2,1-2H3;2*1H. The number of thiazole rings is 1. The van der Waals surface area contributed by atoms with Gasteiger partial charge in [0.15, 0.2) is 0 Å². The number of aryl methyl sites for hydroxylation is 1. The van der Waals surface area contributed by atoms with Crippen LogP contribution in [0.2, 0.25) is 0 Å². The first-order valence-corrected chi connectivity index (χ1v) is 7.43. The number of amides is 1. The van der Waals surface area contributed by atoms with Gasteiger partial charge in [-0.05, 0) is 26.8 Å². The first-order valence-electron chi connectivity index (χ1n) is 6.55. The maximum Gasteiger partial charge on any atom is 0.223 e. The zero-order chi connectivity index (χ0) is 13.0. The molecule has 0 spiro atoms. The van der Waals surface area contributed by atoms with Gasteiger partial charge in [0.25, 0.3) is 0 Å². The zero-order valence-electron chi connectivity index (χ0n) is 11.9. The number of carbonyl (C=O) groups is 1. The first-order chi connectivity index (χ1) is 8.70. The SMILES string of the molecule is CNCCC(=O)N1CCCC(c2nc(C)cs2)C1.Cl.Cl. The number of hydrogen-bond donors (Lipinski definition) is 1. The molecule has 1 saturated heterocycles. The molecule has 1 aliphatic rings. The highest BCUT2D eigenvalue weighted by atomic mass is 35.5. The second-order valence-corrected chi connectivity index (χ2v) is 5.75. The molecule has 2 heterocycles. The van der Waals surface area contributed by atoms with Gasteiger partial charge in [-0.1, -0.05) is 0 Å². The lowest BCUT2D eigenvalue weighted by molar-refractivity contribution is -0.132. The molecular formula is C13H23Cl2N3OS. The zero-order valence-corrected chi connectivity index (χ0v) is 14.4. The molecule has 0 aliphatic carbocycles. The molecule has 1 atom stereocenters. The Hall–Kier alpha value is -0.360. The summed E-state index contributed by atoms with van der Waals surface area (Å²) in [5.74, 6) is 0.707. The Morgan fingerprint density at radius 1 is 1.55 bits per heavy atom. The number of carbonyl (C=O) groups excluding carboxylic acids is 1. The molecule has 20 heavy (non-hydrogen) atoms. The molecule has 1 N–H and O–H groups in total.